The van der Waals surface area contributed by atoms with E-state index in [9.17, 15) is 4.79 Å². The van der Waals surface area contributed by atoms with Crippen molar-refractivity contribution in [3.63, 3.8) is 0 Å². The molecule has 0 bridgehead atoms. The van der Waals surface area contributed by atoms with Crippen LogP contribution in [0, 0.1) is 0 Å². The molecule has 0 aliphatic heterocycles. The molecule has 4 heteroatoms. The molecule has 0 unspecified atom stereocenters. The second-order valence-corrected chi connectivity index (χ2v) is 4.35. The lowest BCUT2D eigenvalue weighted by molar-refractivity contribution is 0.242. The van der Waals surface area contributed by atoms with Crippen molar-refractivity contribution in [1.29, 1.82) is 0 Å². The summed E-state index contributed by atoms with van der Waals surface area (Å²) >= 11 is 1.81. The molecular weight excluding hydrogens is 208 g/mol. The van der Waals surface area contributed by atoms with Gasteiger partial charge in [-0.3, -0.25) is 0 Å². The van der Waals surface area contributed by atoms with Gasteiger partial charge in [0.2, 0.25) is 0 Å². The minimum atomic E-state index is -0.151. The normalized spacial score (nSPS) is 9.73. The molecule has 2 N–H and O–H groups in total. The van der Waals surface area contributed by atoms with Crippen LogP contribution in [-0.4, -0.2) is 18.8 Å². The van der Waals surface area contributed by atoms with Crippen molar-refractivity contribution in [3.8, 4) is 0 Å². The minimum Gasteiger partial charge on any atom is -0.341 e. The highest BCUT2D eigenvalue weighted by Gasteiger charge is 1.97. The first-order valence-electron chi connectivity index (χ1n) is 4.93. The van der Waals surface area contributed by atoms with Crippen LogP contribution in [0.5, 0.6) is 0 Å². The fraction of sp³-hybridized carbons (Fsp3) is 0.364. The Morgan fingerprint density at radius 1 is 1.33 bits per heavy atom. The van der Waals surface area contributed by atoms with E-state index >= 15 is 0 Å². The second kappa shape index (κ2) is 6.35. The van der Waals surface area contributed by atoms with Crippen molar-refractivity contribution in [2.24, 2.45) is 0 Å². The van der Waals surface area contributed by atoms with Crippen molar-refractivity contribution in [2.45, 2.75) is 18.4 Å². The van der Waals surface area contributed by atoms with Gasteiger partial charge in [-0.1, -0.05) is 19.1 Å². The van der Waals surface area contributed by atoms with E-state index in [1.54, 1.807) is 7.05 Å². The van der Waals surface area contributed by atoms with Crippen LogP contribution in [0.25, 0.3) is 0 Å². The molecule has 1 aromatic carbocycles. The lowest BCUT2D eigenvalue weighted by Crippen LogP contribution is -2.32. The monoisotopic (exact) mass is 224 g/mol. The Balaban J connectivity index is 2.45. The molecular formula is C11H16N2OS. The molecule has 82 valence electrons. The molecule has 1 aromatic rings. The van der Waals surface area contributed by atoms with Crippen LogP contribution >= 0.6 is 11.8 Å². The number of hydrogen-bond donors (Lipinski definition) is 2. The van der Waals surface area contributed by atoms with Crippen molar-refractivity contribution in [2.75, 3.05) is 12.8 Å². The summed E-state index contributed by atoms with van der Waals surface area (Å²) < 4.78 is 0. The molecule has 0 radical (unpaired) electrons. The maximum atomic E-state index is 10.9. The number of carbonyl (C=O) groups excluding carboxylic acids is 1. The van der Waals surface area contributed by atoms with Gasteiger partial charge in [0, 0.05) is 18.5 Å². The molecule has 0 saturated carbocycles. The number of urea groups is 1. The summed E-state index contributed by atoms with van der Waals surface area (Å²) in [5.41, 5.74) is 1.11. The minimum absolute atomic E-state index is 0.151. The Morgan fingerprint density at radius 2 is 2.00 bits per heavy atom. The summed E-state index contributed by atoms with van der Waals surface area (Å²) in [6, 6.07) is 8.08. The van der Waals surface area contributed by atoms with Gasteiger partial charge in [0.25, 0.3) is 0 Å². The topological polar surface area (TPSA) is 41.1 Å². The number of nitrogens with one attached hydrogen (secondary N) is 2. The Morgan fingerprint density at radius 3 is 2.53 bits per heavy atom. The Kier molecular flexibility index (Phi) is 5.04. The SMILES string of the molecule is CCSc1ccc(CNC(=O)NC)cc1. The molecule has 0 aromatic heterocycles. The first-order valence-corrected chi connectivity index (χ1v) is 5.92. The quantitative estimate of drug-likeness (QED) is 0.770. The lowest BCUT2D eigenvalue weighted by atomic mass is 10.2. The molecule has 1 rings (SSSR count). The summed E-state index contributed by atoms with van der Waals surface area (Å²) in [7, 11) is 1.61. The van der Waals surface area contributed by atoms with E-state index in [0.29, 0.717) is 6.54 Å². The number of benzene rings is 1. The standard InChI is InChI=1S/C11H16N2OS/c1-3-15-10-6-4-9(5-7-10)8-13-11(14)12-2/h4-7H,3,8H2,1-2H3,(H2,12,13,14). The van der Waals surface area contributed by atoms with Crippen LogP contribution in [0.3, 0.4) is 0 Å². The zero-order valence-electron chi connectivity index (χ0n) is 9.04. The summed E-state index contributed by atoms with van der Waals surface area (Å²) in [5.74, 6) is 1.08. The predicted octanol–water partition coefficient (Wildman–Crippen LogP) is 2.23. The largest absolute Gasteiger partial charge is 0.341 e. The highest BCUT2D eigenvalue weighted by molar-refractivity contribution is 7.99. The van der Waals surface area contributed by atoms with Crippen LogP contribution in [0.2, 0.25) is 0 Å². The molecule has 15 heavy (non-hydrogen) atoms. The molecule has 0 aliphatic carbocycles. The third kappa shape index (κ3) is 4.25. The molecule has 0 heterocycles. The number of hydrogen-bond acceptors (Lipinski definition) is 2. The van der Waals surface area contributed by atoms with Gasteiger partial charge in [0.1, 0.15) is 0 Å². The summed E-state index contributed by atoms with van der Waals surface area (Å²) in [5, 5.41) is 5.26. The van der Waals surface area contributed by atoms with E-state index in [4.69, 9.17) is 0 Å². The van der Waals surface area contributed by atoms with Crippen molar-refractivity contribution < 1.29 is 4.79 Å². The Bertz CT molecular complexity index is 311. The first-order chi connectivity index (χ1) is 7.26. The van der Waals surface area contributed by atoms with Gasteiger partial charge in [-0.25, -0.2) is 4.79 Å². The smallest absolute Gasteiger partial charge is 0.314 e. The number of rotatable bonds is 4. The third-order valence-electron chi connectivity index (χ3n) is 1.91. The lowest BCUT2D eigenvalue weighted by Gasteiger charge is -2.05. The maximum Gasteiger partial charge on any atom is 0.314 e. The Labute approximate surface area is 94.6 Å². The van der Waals surface area contributed by atoms with E-state index in [2.05, 4.69) is 29.7 Å². The van der Waals surface area contributed by atoms with Crippen molar-refractivity contribution in [1.82, 2.24) is 10.6 Å². The van der Waals surface area contributed by atoms with Gasteiger partial charge in [0.15, 0.2) is 0 Å². The van der Waals surface area contributed by atoms with E-state index in [-0.39, 0.29) is 6.03 Å². The van der Waals surface area contributed by atoms with E-state index in [1.165, 1.54) is 4.90 Å². The number of amides is 2. The highest BCUT2D eigenvalue weighted by atomic mass is 32.2. The van der Waals surface area contributed by atoms with Crippen LogP contribution in [0.15, 0.2) is 29.2 Å². The van der Waals surface area contributed by atoms with Gasteiger partial charge >= 0.3 is 6.03 Å². The Hall–Kier alpha value is -1.16. The maximum absolute atomic E-state index is 10.9. The molecule has 0 spiro atoms. The fourth-order valence-electron chi connectivity index (χ4n) is 1.14. The van der Waals surface area contributed by atoms with Crippen LogP contribution < -0.4 is 10.6 Å². The van der Waals surface area contributed by atoms with Gasteiger partial charge in [-0.2, -0.15) is 0 Å². The van der Waals surface area contributed by atoms with Gasteiger partial charge in [-0.15, -0.1) is 11.8 Å². The molecule has 0 saturated heterocycles. The zero-order chi connectivity index (χ0) is 11.1. The molecule has 0 aliphatic rings. The van der Waals surface area contributed by atoms with Gasteiger partial charge in [0.05, 0.1) is 0 Å². The van der Waals surface area contributed by atoms with Crippen molar-refractivity contribution in [3.05, 3.63) is 29.8 Å². The third-order valence-corrected chi connectivity index (χ3v) is 2.81. The zero-order valence-corrected chi connectivity index (χ0v) is 9.86. The number of thioether (sulfide) groups is 1. The predicted molar refractivity (Wildman–Crippen MR) is 64.1 cm³/mol. The molecule has 0 atom stereocenters. The van der Waals surface area contributed by atoms with Crippen molar-refractivity contribution >= 4 is 17.8 Å². The van der Waals surface area contributed by atoms with Crippen LogP contribution in [0.4, 0.5) is 4.79 Å². The average molecular weight is 224 g/mol. The summed E-state index contributed by atoms with van der Waals surface area (Å²) in [6.07, 6.45) is 0. The van der Waals surface area contributed by atoms with Crippen LogP contribution in [-0.2, 0) is 6.54 Å². The summed E-state index contributed by atoms with van der Waals surface area (Å²) in [6.45, 7) is 2.70. The number of carbonyl (C=O) groups is 1. The van der Waals surface area contributed by atoms with Gasteiger partial charge in [-0.05, 0) is 23.4 Å². The van der Waals surface area contributed by atoms with E-state index < -0.39 is 0 Å². The van der Waals surface area contributed by atoms with E-state index in [0.717, 1.165) is 11.3 Å². The molecule has 3 nitrogen and oxygen atoms in total. The average Bonchev–Trinajstić information content (AvgIpc) is 2.28. The molecule has 0 fully saturated rings. The molecule has 2 amide bonds. The fourth-order valence-corrected chi connectivity index (χ4v) is 1.80. The first kappa shape index (κ1) is 11.9. The van der Waals surface area contributed by atoms with E-state index in [1.807, 2.05) is 23.9 Å². The highest BCUT2D eigenvalue weighted by Crippen LogP contribution is 2.17. The summed E-state index contributed by atoms with van der Waals surface area (Å²) in [4.78, 5) is 12.2. The van der Waals surface area contributed by atoms with Crippen LogP contribution in [0.1, 0.15) is 12.5 Å². The van der Waals surface area contributed by atoms with Gasteiger partial charge < -0.3 is 10.6 Å². The second-order valence-electron chi connectivity index (χ2n) is 3.01.